The first-order chi connectivity index (χ1) is 24.6. The lowest BCUT2D eigenvalue weighted by Gasteiger charge is -2.39. The highest BCUT2D eigenvalue weighted by Crippen LogP contribution is 2.32. The number of aromatic nitrogens is 2. The number of likely N-dealkylation sites (N-methyl/N-ethyl adjacent to an activating group) is 1. The van der Waals surface area contributed by atoms with Crippen molar-refractivity contribution in [3.8, 4) is 5.75 Å². The number of sulfonamides is 1. The molecular weight excluding hydrogens is 687 g/mol. The molecule has 1 aliphatic rings. The van der Waals surface area contributed by atoms with E-state index in [1.807, 2.05) is 30.3 Å². The number of benzene rings is 4. The largest absolute Gasteiger partial charge is 0.379 e. The molecule has 1 aliphatic heterocycles. The molecule has 3 heterocycles. The molecule has 0 unspecified atom stereocenters. The van der Waals surface area contributed by atoms with Crippen molar-refractivity contribution in [1.82, 2.24) is 19.2 Å². The second kappa shape index (κ2) is 14.1. The Balaban J connectivity index is 1.29. The maximum atomic E-state index is 14.6. The van der Waals surface area contributed by atoms with Crippen LogP contribution >= 0.6 is 0 Å². The highest BCUT2D eigenvalue weighted by molar-refractivity contribution is 7.89. The van der Waals surface area contributed by atoms with Crippen LogP contribution in [0.3, 0.4) is 0 Å². The number of hydrogen-bond acceptors (Lipinski definition) is 9. The molecule has 13 heteroatoms. The minimum atomic E-state index is -4.35. The van der Waals surface area contributed by atoms with E-state index in [2.05, 4.69) is 14.9 Å². The Bertz CT molecular complexity index is 2410. The summed E-state index contributed by atoms with van der Waals surface area (Å²) in [5, 5.41) is 1.91. The zero-order valence-corrected chi connectivity index (χ0v) is 29.4. The summed E-state index contributed by atoms with van der Waals surface area (Å²) >= 11 is 0. The molecular formula is C38H35N5O6S2. The van der Waals surface area contributed by atoms with Crippen LogP contribution in [0.4, 0.5) is 5.69 Å². The van der Waals surface area contributed by atoms with Gasteiger partial charge in [0.25, 0.3) is 0 Å². The van der Waals surface area contributed by atoms with Crippen molar-refractivity contribution in [3.63, 3.8) is 0 Å². The smallest absolute Gasteiger partial charge is 0.339 e. The number of carbonyl (C=O) groups is 1. The molecule has 0 aliphatic carbocycles. The third-order valence-corrected chi connectivity index (χ3v) is 12.4. The van der Waals surface area contributed by atoms with Crippen molar-refractivity contribution in [2.75, 3.05) is 38.1 Å². The molecule has 1 amide bonds. The SMILES string of the molecule is CN([C@@H](Cc1cncc2cccc(S(=O)(=O)Oc3ccccc3)c12)C(=O)N1CCN(c2ccccc2)CC1)S(=O)(=O)c1cccc2cnccc12. The van der Waals surface area contributed by atoms with Crippen LogP contribution in [0.1, 0.15) is 5.56 Å². The van der Waals surface area contributed by atoms with Gasteiger partial charge < -0.3 is 14.0 Å². The third-order valence-electron chi connectivity index (χ3n) is 9.19. The molecule has 1 atom stereocenters. The summed E-state index contributed by atoms with van der Waals surface area (Å²) in [6, 6.07) is 28.1. The highest BCUT2D eigenvalue weighted by atomic mass is 32.2. The van der Waals surface area contributed by atoms with Gasteiger partial charge in [-0.15, -0.1) is 0 Å². The highest BCUT2D eigenvalue weighted by Gasteiger charge is 2.38. The molecule has 260 valence electrons. The second-order valence-corrected chi connectivity index (χ2v) is 15.7. The summed E-state index contributed by atoms with van der Waals surface area (Å²) in [5.41, 5.74) is 1.42. The van der Waals surface area contributed by atoms with Crippen LogP contribution in [-0.4, -0.2) is 81.2 Å². The van der Waals surface area contributed by atoms with E-state index in [1.165, 1.54) is 37.8 Å². The summed E-state index contributed by atoms with van der Waals surface area (Å²) < 4.78 is 63.1. The van der Waals surface area contributed by atoms with E-state index in [-0.39, 0.29) is 22.0 Å². The Kier molecular flexibility index (Phi) is 9.42. The van der Waals surface area contributed by atoms with Gasteiger partial charge in [0, 0.05) is 91.7 Å². The van der Waals surface area contributed by atoms with Crippen LogP contribution in [0, 0.1) is 0 Å². The number of fused-ring (bicyclic) bond motifs is 2. The molecule has 0 N–H and O–H groups in total. The minimum Gasteiger partial charge on any atom is -0.379 e. The van der Waals surface area contributed by atoms with Crippen LogP contribution in [0.2, 0.25) is 0 Å². The maximum Gasteiger partial charge on any atom is 0.339 e. The van der Waals surface area contributed by atoms with Gasteiger partial charge in [0.15, 0.2) is 0 Å². The van der Waals surface area contributed by atoms with Crippen molar-refractivity contribution in [1.29, 1.82) is 0 Å². The van der Waals surface area contributed by atoms with E-state index in [0.29, 0.717) is 53.3 Å². The van der Waals surface area contributed by atoms with E-state index < -0.39 is 32.1 Å². The topological polar surface area (TPSA) is 130 Å². The summed E-state index contributed by atoms with van der Waals surface area (Å²) in [6.45, 7) is 1.86. The van der Waals surface area contributed by atoms with Gasteiger partial charge in [-0.05, 0) is 48.0 Å². The molecule has 0 saturated carbocycles. The summed E-state index contributed by atoms with van der Waals surface area (Å²) in [5.74, 6) is -0.252. The number of nitrogens with zero attached hydrogens (tertiary/aromatic N) is 5. The lowest BCUT2D eigenvalue weighted by Crippen LogP contribution is -2.56. The Hall–Kier alpha value is -5.37. The molecule has 2 aromatic heterocycles. The average molecular weight is 722 g/mol. The van der Waals surface area contributed by atoms with Crippen LogP contribution in [-0.2, 0) is 31.4 Å². The van der Waals surface area contributed by atoms with E-state index in [9.17, 15) is 21.6 Å². The van der Waals surface area contributed by atoms with Crippen LogP contribution in [0.5, 0.6) is 5.75 Å². The molecule has 0 spiro atoms. The molecule has 11 nitrogen and oxygen atoms in total. The number of hydrogen-bond donors (Lipinski definition) is 0. The van der Waals surface area contributed by atoms with Crippen molar-refractivity contribution in [2.45, 2.75) is 22.3 Å². The van der Waals surface area contributed by atoms with E-state index in [0.717, 1.165) is 9.99 Å². The van der Waals surface area contributed by atoms with Crippen LogP contribution < -0.4 is 9.08 Å². The van der Waals surface area contributed by atoms with Gasteiger partial charge >= 0.3 is 10.1 Å². The number of piperazine rings is 1. The second-order valence-electron chi connectivity index (χ2n) is 12.2. The fraction of sp³-hybridized carbons (Fsp3) is 0.184. The van der Waals surface area contributed by atoms with Crippen molar-refractivity contribution in [3.05, 3.63) is 133 Å². The van der Waals surface area contributed by atoms with Crippen molar-refractivity contribution < 1.29 is 25.8 Å². The molecule has 51 heavy (non-hydrogen) atoms. The molecule has 0 radical (unpaired) electrons. The number of anilines is 1. The first-order valence-electron chi connectivity index (χ1n) is 16.4. The van der Waals surface area contributed by atoms with Crippen LogP contribution in [0.15, 0.2) is 138 Å². The zero-order chi connectivity index (χ0) is 35.6. The zero-order valence-electron chi connectivity index (χ0n) is 27.7. The lowest BCUT2D eigenvalue weighted by molar-refractivity contribution is -0.135. The Morgan fingerprint density at radius 1 is 0.745 bits per heavy atom. The Labute approximate surface area is 296 Å². The fourth-order valence-corrected chi connectivity index (χ4v) is 9.26. The molecule has 7 rings (SSSR count). The van der Waals surface area contributed by atoms with Gasteiger partial charge in [-0.1, -0.05) is 60.7 Å². The van der Waals surface area contributed by atoms with Gasteiger partial charge in [0.2, 0.25) is 15.9 Å². The van der Waals surface area contributed by atoms with E-state index in [4.69, 9.17) is 4.18 Å². The lowest BCUT2D eigenvalue weighted by atomic mass is 10.0. The van der Waals surface area contributed by atoms with Crippen molar-refractivity contribution >= 4 is 53.3 Å². The third kappa shape index (κ3) is 6.87. The molecule has 0 bridgehead atoms. The number of amides is 1. The minimum absolute atomic E-state index is 0.0344. The first-order valence-corrected chi connectivity index (χ1v) is 19.2. The number of rotatable bonds is 10. The van der Waals surface area contributed by atoms with E-state index >= 15 is 0 Å². The van der Waals surface area contributed by atoms with E-state index in [1.54, 1.807) is 71.8 Å². The summed E-state index contributed by atoms with van der Waals surface area (Å²) in [4.78, 5) is 26.9. The number of para-hydroxylation sites is 2. The maximum absolute atomic E-state index is 14.6. The van der Waals surface area contributed by atoms with Gasteiger partial charge in [-0.3, -0.25) is 14.8 Å². The predicted molar refractivity (Wildman–Crippen MR) is 195 cm³/mol. The summed E-state index contributed by atoms with van der Waals surface area (Å²) in [7, 11) is -7.23. The predicted octanol–water partition coefficient (Wildman–Crippen LogP) is 5.13. The van der Waals surface area contributed by atoms with Crippen LogP contribution in [0.25, 0.3) is 21.5 Å². The van der Waals surface area contributed by atoms with Crippen molar-refractivity contribution in [2.24, 2.45) is 0 Å². The molecule has 1 fully saturated rings. The van der Waals surface area contributed by atoms with Gasteiger partial charge in [0.05, 0.1) is 4.90 Å². The molecule has 1 saturated heterocycles. The fourth-order valence-electron chi connectivity index (χ4n) is 6.54. The molecule has 4 aromatic carbocycles. The number of pyridine rings is 2. The quantitative estimate of drug-likeness (QED) is 0.177. The first kappa shape index (κ1) is 34.1. The Morgan fingerprint density at radius 2 is 1.39 bits per heavy atom. The van der Waals surface area contributed by atoms with Gasteiger partial charge in [-0.25, -0.2) is 8.42 Å². The van der Waals surface area contributed by atoms with Gasteiger partial charge in [-0.2, -0.15) is 12.7 Å². The molecule has 6 aromatic rings. The summed E-state index contributed by atoms with van der Waals surface area (Å²) in [6.07, 6.45) is 5.98. The number of carbonyl (C=O) groups excluding carboxylic acids is 1. The van der Waals surface area contributed by atoms with Gasteiger partial charge in [0.1, 0.15) is 16.7 Å². The standard InChI is InChI=1S/C38H35N5O6S2/c1-41(50(45,46)35-16-8-10-28-25-39-19-18-33(28)35)34(38(44)43-22-20-42(21-23-43)31-12-4-2-5-13-31)24-30-27-40-26-29-11-9-17-36(37(29)30)51(47,48)49-32-14-6-3-7-15-32/h2-19,25-27,34H,20-24H2,1H3/t34-/m0/s1. The monoisotopic (exact) mass is 721 g/mol. The average Bonchev–Trinajstić information content (AvgIpc) is 3.16. The normalized spacial score (nSPS) is 14.5. The Morgan fingerprint density at radius 3 is 2.12 bits per heavy atom.